The third kappa shape index (κ3) is 4.31. The molecule has 0 saturated carbocycles. The van der Waals surface area contributed by atoms with Crippen molar-refractivity contribution in [3.05, 3.63) is 24.4 Å². The first-order valence-corrected chi connectivity index (χ1v) is 14.4. The van der Waals surface area contributed by atoms with Gasteiger partial charge in [0, 0.05) is 22.5 Å². The van der Waals surface area contributed by atoms with Crippen LogP contribution in [-0.2, 0) is 9.31 Å². The molecular formula is C25H40BNO4Si. The molecule has 1 fully saturated rings. The fourth-order valence-corrected chi connectivity index (χ4v) is 4.49. The Bertz CT molecular complexity index is 1020. The van der Waals surface area contributed by atoms with Gasteiger partial charge in [0.15, 0.2) is 0 Å². The lowest BCUT2D eigenvalue weighted by Crippen LogP contribution is -2.44. The number of carbonyl (C=O) groups is 1. The molecule has 0 N–H and O–H groups in total. The third-order valence-corrected chi connectivity index (χ3v) is 11.7. The summed E-state index contributed by atoms with van der Waals surface area (Å²) in [6, 6.07) is 6.03. The van der Waals surface area contributed by atoms with Gasteiger partial charge in [-0.15, -0.1) is 0 Å². The van der Waals surface area contributed by atoms with Crippen molar-refractivity contribution >= 4 is 37.7 Å². The zero-order valence-corrected chi connectivity index (χ0v) is 23.0. The summed E-state index contributed by atoms with van der Waals surface area (Å²) in [5.41, 5.74) is 0.177. The third-order valence-electron chi connectivity index (χ3n) is 7.33. The van der Waals surface area contributed by atoms with Gasteiger partial charge in [-0.1, -0.05) is 41.5 Å². The van der Waals surface area contributed by atoms with Gasteiger partial charge in [0.2, 0.25) is 14.2 Å². The van der Waals surface area contributed by atoms with Crippen molar-refractivity contribution in [1.29, 1.82) is 0 Å². The van der Waals surface area contributed by atoms with E-state index in [4.69, 9.17) is 13.7 Å². The van der Waals surface area contributed by atoms with Crippen LogP contribution in [0.25, 0.3) is 10.9 Å². The van der Waals surface area contributed by atoms with Gasteiger partial charge in [0.05, 0.1) is 16.7 Å². The predicted octanol–water partition coefficient (Wildman–Crippen LogP) is 6.01. The van der Waals surface area contributed by atoms with Gasteiger partial charge in [-0.3, -0.25) is 9.36 Å². The standard InChI is InChI=1S/C25H40BNO4Si/c1-22(2,3)21(28)27-14-13-17-15-18(29-32(11,12)23(4,5)6)16-19(20(17)27)26-30-24(7,8)25(9,10)31-26/h13-16H,1-12H3. The minimum Gasteiger partial charge on any atom is -0.543 e. The second-order valence-electron chi connectivity index (χ2n) is 12.6. The van der Waals surface area contributed by atoms with Gasteiger partial charge in [0.1, 0.15) is 5.75 Å². The highest BCUT2D eigenvalue weighted by atomic mass is 28.4. The van der Waals surface area contributed by atoms with E-state index in [0.29, 0.717) is 0 Å². The first-order chi connectivity index (χ1) is 14.3. The number of aromatic nitrogens is 1. The molecule has 1 saturated heterocycles. The Balaban J connectivity index is 2.21. The number of fused-ring (bicyclic) bond motifs is 1. The van der Waals surface area contributed by atoms with Gasteiger partial charge in [-0.05, 0) is 64.0 Å². The molecule has 0 unspecified atom stereocenters. The molecule has 0 radical (unpaired) electrons. The Morgan fingerprint density at radius 3 is 2.00 bits per heavy atom. The van der Waals surface area contributed by atoms with Crippen molar-refractivity contribution in [3.8, 4) is 5.75 Å². The van der Waals surface area contributed by atoms with E-state index in [1.54, 1.807) is 4.57 Å². The van der Waals surface area contributed by atoms with E-state index >= 15 is 0 Å². The number of benzene rings is 1. The van der Waals surface area contributed by atoms with Crippen molar-refractivity contribution in [1.82, 2.24) is 4.57 Å². The van der Waals surface area contributed by atoms with E-state index in [2.05, 4.69) is 33.9 Å². The van der Waals surface area contributed by atoms with E-state index in [9.17, 15) is 4.79 Å². The fraction of sp³-hybridized carbons (Fsp3) is 0.640. The number of carbonyl (C=O) groups excluding carboxylic acids is 1. The maximum Gasteiger partial charge on any atom is 0.497 e. The van der Waals surface area contributed by atoms with Gasteiger partial charge < -0.3 is 13.7 Å². The first kappa shape index (κ1) is 25.1. The Morgan fingerprint density at radius 2 is 1.53 bits per heavy atom. The molecule has 0 bridgehead atoms. The van der Waals surface area contributed by atoms with Crippen LogP contribution >= 0.6 is 0 Å². The molecule has 2 heterocycles. The van der Waals surface area contributed by atoms with Crippen LogP contribution in [0.4, 0.5) is 0 Å². The zero-order chi connectivity index (χ0) is 24.5. The van der Waals surface area contributed by atoms with Crippen LogP contribution in [0.15, 0.2) is 24.4 Å². The minimum absolute atomic E-state index is 0.0309. The summed E-state index contributed by atoms with van der Waals surface area (Å²) in [5.74, 6) is 0.832. The van der Waals surface area contributed by atoms with Crippen molar-refractivity contribution in [2.24, 2.45) is 5.41 Å². The van der Waals surface area contributed by atoms with E-state index in [-0.39, 0.29) is 10.9 Å². The molecule has 2 aromatic rings. The monoisotopic (exact) mass is 457 g/mol. The second kappa shape index (κ2) is 7.47. The summed E-state index contributed by atoms with van der Waals surface area (Å²) in [6.07, 6.45) is 1.85. The quantitative estimate of drug-likeness (QED) is 0.530. The molecular weight excluding hydrogens is 417 g/mol. The van der Waals surface area contributed by atoms with Crippen molar-refractivity contribution in [2.75, 3.05) is 0 Å². The average molecular weight is 457 g/mol. The molecule has 1 aromatic carbocycles. The summed E-state index contributed by atoms with van der Waals surface area (Å²) < 4.78 is 21.2. The highest BCUT2D eigenvalue weighted by Gasteiger charge is 2.52. The van der Waals surface area contributed by atoms with Gasteiger partial charge in [-0.2, -0.15) is 0 Å². The van der Waals surface area contributed by atoms with E-state index in [1.807, 2.05) is 72.9 Å². The molecule has 0 aliphatic carbocycles. The average Bonchev–Trinajstić information content (AvgIpc) is 3.09. The van der Waals surface area contributed by atoms with E-state index in [1.165, 1.54) is 0 Å². The summed E-state index contributed by atoms with van der Waals surface area (Å²) in [6.45, 7) is 25.1. The molecule has 32 heavy (non-hydrogen) atoms. The second-order valence-corrected chi connectivity index (χ2v) is 17.4. The molecule has 1 aromatic heterocycles. The van der Waals surface area contributed by atoms with Crippen LogP contribution in [0.5, 0.6) is 5.75 Å². The van der Waals surface area contributed by atoms with Gasteiger partial charge >= 0.3 is 7.12 Å². The zero-order valence-electron chi connectivity index (χ0n) is 22.0. The smallest absolute Gasteiger partial charge is 0.497 e. The molecule has 1 aliphatic rings. The van der Waals surface area contributed by atoms with Crippen LogP contribution in [-0.4, -0.2) is 37.1 Å². The molecule has 7 heteroatoms. The Hall–Kier alpha value is -1.57. The van der Waals surface area contributed by atoms with Crippen LogP contribution in [0.3, 0.4) is 0 Å². The van der Waals surface area contributed by atoms with Crippen molar-refractivity contribution in [2.45, 2.75) is 98.6 Å². The number of hydrogen-bond donors (Lipinski definition) is 0. The highest BCUT2D eigenvalue weighted by molar-refractivity contribution is 6.74. The largest absolute Gasteiger partial charge is 0.543 e. The van der Waals surface area contributed by atoms with E-state index in [0.717, 1.165) is 22.1 Å². The summed E-state index contributed by atoms with van der Waals surface area (Å²) in [5, 5.41) is 1.02. The molecule has 3 rings (SSSR count). The number of nitrogens with zero attached hydrogens (tertiary/aromatic N) is 1. The summed E-state index contributed by atoms with van der Waals surface area (Å²) >= 11 is 0. The topological polar surface area (TPSA) is 49.7 Å². The maximum atomic E-state index is 13.3. The van der Waals surface area contributed by atoms with Gasteiger partial charge in [0.25, 0.3) is 0 Å². The van der Waals surface area contributed by atoms with Crippen LogP contribution in [0, 0.1) is 5.41 Å². The Labute approximate surface area is 195 Å². The lowest BCUT2D eigenvalue weighted by atomic mass is 9.77. The number of hydrogen-bond acceptors (Lipinski definition) is 4. The fourth-order valence-electron chi connectivity index (χ4n) is 3.47. The lowest BCUT2D eigenvalue weighted by Gasteiger charge is -2.36. The number of rotatable bonds is 3. The van der Waals surface area contributed by atoms with Crippen LogP contribution < -0.4 is 9.89 Å². The predicted molar refractivity (Wildman–Crippen MR) is 136 cm³/mol. The molecule has 176 valence electrons. The molecule has 5 nitrogen and oxygen atoms in total. The highest BCUT2D eigenvalue weighted by Crippen LogP contribution is 2.40. The van der Waals surface area contributed by atoms with Crippen molar-refractivity contribution < 1.29 is 18.5 Å². The molecule has 1 aliphatic heterocycles. The summed E-state index contributed by atoms with van der Waals surface area (Å²) in [4.78, 5) is 13.3. The molecule has 0 atom stereocenters. The Kier molecular flexibility index (Phi) is 5.85. The van der Waals surface area contributed by atoms with E-state index < -0.39 is 32.1 Å². The molecule has 0 amide bonds. The minimum atomic E-state index is -2.05. The van der Waals surface area contributed by atoms with Crippen LogP contribution in [0.2, 0.25) is 18.1 Å². The van der Waals surface area contributed by atoms with Crippen molar-refractivity contribution in [3.63, 3.8) is 0 Å². The maximum absolute atomic E-state index is 13.3. The lowest BCUT2D eigenvalue weighted by molar-refractivity contribution is 0.00578. The van der Waals surface area contributed by atoms with Crippen LogP contribution in [0.1, 0.15) is 74.0 Å². The Morgan fingerprint density at radius 1 is 1.00 bits per heavy atom. The normalized spacial score (nSPS) is 18.9. The molecule has 0 spiro atoms. The summed E-state index contributed by atoms with van der Waals surface area (Å²) in [7, 11) is -2.64. The van der Waals surface area contributed by atoms with Gasteiger partial charge in [-0.25, -0.2) is 0 Å². The first-order valence-electron chi connectivity index (χ1n) is 11.5. The SMILES string of the molecule is CC(C)(C)C(=O)n1ccc2cc(O[Si](C)(C)C(C)(C)C)cc(B3OC(C)(C)C(C)(C)O3)c21.